The maximum Gasteiger partial charge on any atom is 0.267 e. The van der Waals surface area contributed by atoms with Crippen LogP contribution < -0.4 is 10.9 Å². The number of aryl methyl sites for hydroxylation is 3. The first-order valence-electron chi connectivity index (χ1n) is 8.45. The molecular formula is C21H21N3O2. The van der Waals surface area contributed by atoms with Gasteiger partial charge < -0.3 is 5.32 Å². The van der Waals surface area contributed by atoms with E-state index in [2.05, 4.69) is 16.5 Å². The Kier molecular flexibility index (Phi) is 4.98. The number of carbonyl (C=O) groups excluding carboxylic acids is 1. The van der Waals surface area contributed by atoms with E-state index in [4.69, 9.17) is 0 Å². The molecule has 0 aliphatic carbocycles. The smallest absolute Gasteiger partial charge is 0.267 e. The van der Waals surface area contributed by atoms with Crippen molar-refractivity contribution in [3.8, 4) is 11.3 Å². The lowest BCUT2D eigenvalue weighted by Gasteiger charge is -2.10. The Morgan fingerprint density at radius 3 is 2.35 bits per heavy atom. The minimum absolute atomic E-state index is 0.133. The number of hydrogen-bond donors (Lipinski definition) is 1. The van der Waals surface area contributed by atoms with Gasteiger partial charge in [0.15, 0.2) is 0 Å². The maximum absolute atomic E-state index is 12.3. The molecule has 0 aliphatic heterocycles. The summed E-state index contributed by atoms with van der Waals surface area (Å²) in [6, 6.07) is 16.7. The van der Waals surface area contributed by atoms with Gasteiger partial charge in [-0.25, -0.2) is 4.68 Å². The van der Waals surface area contributed by atoms with Gasteiger partial charge in [-0.1, -0.05) is 41.5 Å². The van der Waals surface area contributed by atoms with Crippen molar-refractivity contribution in [3.05, 3.63) is 81.6 Å². The topological polar surface area (TPSA) is 64.0 Å². The number of nitrogens with one attached hydrogen (secondary N) is 1. The number of anilines is 1. The van der Waals surface area contributed by atoms with E-state index in [1.54, 1.807) is 6.07 Å². The van der Waals surface area contributed by atoms with Gasteiger partial charge in [0.05, 0.1) is 5.69 Å². The average Bonchev–Trinajstić information content (AvgIpc) is 2.59. The van der Waals surface area contributed by atoms with Crippen LogP contribution in [0.5, 0.6) is 0 Å². The van der Waals surface area contributed by atoms with E-state index in [1.165, 1.54) is 10.7 Å². The third-order valence-corrected chi connectivity index (χ3v) is 4.15. The molecule has 0 fully saturated rings. The van der Waals surface area contributed by atoms with E-state index >= 15 is 0 Å². The Bertz CT molecular complexity index is 1000. The molecule has 5 nitrogen and oxygen atoms in total. The molecule has 3 aromatic rings. The molecule has 2 aromatic carbocycles. The molecule has 26 heavy (non-hydrogen) atoms. The van der Waals surface area contributed by atoms with Crippen molar-refractivity contribution >= 4 is 11.6 Å². The molecular weight excluding hydrogens is 326 g/mol. The van der Waals surface area contributed by atoms with Crippen molar-refractivity contribution in [3.63, 3.8) is 0 Å². The van der Waals surface area contributed by atoms with Crippen LogP contribution in [0.15, 0.2) is 59.4 Å². The van der Waals surface area contributed by atoms with Gasteiger partial charge in [0, 0.05) is 17.3 Å². The van der Waals surface area contributed by atoms with Crippen LogP contribution in [0.25, 0.3) is 11.3 Å². The van der Waals surface area contributed by atoms with Gasteiger partial charge in [-0.3, -0.25) is 9.59 Å². The van der Waals surface area contributed by atoms with E-state index in [-0.39, 0.29) is 18.0 Å². The molecule has 0 aliphatic rings. The van der Waals surface area contributed by atoms with Gasteiger partial charge in [-0.05, 0) is 44.5 Å². The standard InChI is InChI=1S/C21H21N3O2/c1-14-4-7-17(8-5-14)22-20(25)13-24-21(26)11-10-19(23-24)18-9-6-15(2)12-16(18)3/h4-12H,13H2,1-3H3,(H,22,25). The van der Waals surface area contributed by atoms with Gasteiger partial charge in [0.2, 0.25) is 5.91 Å². The first-order chi connectivity index (χ1) is 12.4. The molecule has 0 saturated carbocycles. The lowest BCUT2D eigenvalue weighted by Crippen LogP contribution is -2.29. The molecule has 1 N–H and O–H groups in total. The van der Waals surface area contributed by atoms with E-state index in [1.807, 2.05) is 57.2 Å². The Balaban J connectivity index is 1.82. The predicted molar refractivity (Wildman–Crippen MR) is 103 cm³/mol. The van der Waals surface area contributed by atoms with E-state index in [0.29, 0.717) is 11.4 Å². The normalized spacial score (nSPS) is 10.6. The molecule has 0 bridgehead atoms. The van der Waals surface area contributed by atoms with Gasteiger partial charge in [-0.2, -0.15) is 5.10 Å². The third-order valence-electron chi connectivity index (χ3n) is 4.15. The SMILES string of the molecule is Cc1ccc(NC(=O)Cn2nc(-c3ccc(C)cc3C)ccc2=O)cc1. The fourth-order valence-corrected chi connectivity index (χ4v) is 2.78. The summed E-state index contributed by atoms with van der Waals surface area (Å²) < 4.78 is 1.19. The highest BCUT2D eigenvalue weighted by Crippen LogP contribution is 2.21. The highest BCUT2D eigenvalue weighted by Gasteiger charge is 2.10. The van der Waals surface area contributed by atoms with Crippen LogP contribution in [-0.2, 0) is 11.3 Å². The van der Waals surface area contributed by atoms with Crippen LogP contribution in [0, 0.1) is 20.8 Å². The molecule has 1 heterocycles. The van der Waals surface area contributed by atoms with Crippen LogP contribution in [0.3, 0.4) is 0 Å². The Morgan fingerprint density at radius 1 is 0.962 bits per heavy atom. The maximum atomic E-state index is 12.3. The number of aromatic nitrogens is 2. The minimum Gasteiger partial charge on any atom is -0.324 e. The zero-order chi connectivity index (χ0) is 18.7. The highest BCUT2D eigenvalue weighted by molar-refractivity contribution is 5.90. The van der Waals surface area contributed by atoms with Gasteiger partial charge in [0.1, 0.15) is 6.54 Å². The predicted octanol–water partition coefficient (Wildman–Crippen LogP) is 3.47. The van der Waals surface area contributed by atoms with Crippen molar-refractivity contribution < 1.29 is 4.79 Å². The van der Waals surface area contributed by atoms with E-state index in [0.717, 1.165) is 22.3 Å². The Morgan fingerprint density at radius 2 is 1.65 bits per heavy atom. The molecule has 5 heteroatoms. The summed E-state index contributed by atoms with van der Waals surface area (Å²) in [6.07, 6.45) is 0. The number of carbonyl (C=O) groups is 1. The van der Waals surface area contributed by atoms with Crippen molar-refractivity contribution in [1.29, 1.82) is 0 Å². The quantitative estimate of drug-likeness (QED) is 0.786. The molecule has 0 spiro atoms. The summed E-state index contributed by atoms with van der Waals surface area (Å²) in [7, 11) is 0. The number of rotatable bonds is 4. The molecule has 0 atom stereocenters. The summed E-state index contributed by atoms with van der Waals surface area (Å²) in [4.78, 5) is 24.4. The second-order valence-electron chi connectivity index (χ2n) is 6.45. The minimum atomic E-state index is -0.308. The fourth-order valence-electron chi connectivity index (χ4n) is 2.78. The number of amides is 1. The van der Waals surface area contributed by atoms with Gasteiger partial charge >= 0.3 is 0 Å². The van der Waals surface area contributed by atoms with Crippen LogP contribution in [0.1, 0.15) is 16.7 Å². The van der Waals surface area contributed by atoms with Gasteiger partial charge in [0.25, 0.3) is 5.56 Å². The Hall–Kier alpha value is -3.21. The van der Waals surface area contributed by atoms with Crippen LogP contribution in [-0.4, -0.2) is 15.7 Å². The lowest BCUT2D eigenvalue weighted by molar-refractivity contribution is -0.117. The summed E-state index contributed by atoms with van der Waals surface area (Å²) in [5.41, 5.74) is 5.36. The van der Waals surface area contributed by atoms with Crippen LogP contribution >= 0.6 is 0 Å². The molecule has 0 saturated heterocycles. The van der Waals surface area contributed by atoms with Crippen molar-refractivity contribution in [2.75, 3.05) is 5.32 Å². The van der Waals surface area contributed by atoms with Crippen LogP contribution in [0.4, 0.5) is 5.69 Å². The summed E-state index contributed by atoms with van der Waals surface area (Å²) in [5.74, 6) is -0.291. The van der Waals surface area contributed by atoms with Crippen LogP contribution in [0.2, 0.25) is 0 Å². The van der Waals surface area contributed by atoms with E-state index in [9.17, 15) is 9.59 Å². The second kappa shape index (κ2) is 7.35. The number of hydrogen-bond acceptors (Lipinski definition) is 3. The van der Waals surface area contributed by atoms with Crippen molar-refractivity contribution in [1.82, 2.24) is 9.78 Å². The summed E-state index contributed by atoms with van der Waals surface area (Å²) in [6.45, 7) is 5.88. The second-order valence-corrected chi connectivity index (χ2v) is 6.45. The van der Waals surface area contributed by atoms with Crippen molar-refractivity contribution in [2.24, 2.45) is 0 Å². The summed E-state index contributed by atoms with van der Waals surface area (Å²) in [5, 5.41) is 7.16. The monoisotopic (exact) mass is 347 g/mol. The molecule has 0 unspecified atom stereocenters. The molecule has 0 radical (unpaired) electrons. The van der Waals surface area contributed by atoms with Crippen molar-refractivity contribution in [2.45, 2.75) is 27.3 Å². The highest BCUT2D eigenvalue weighted by atomic mass is 16.2. The van der Waals surface area contributed by atoms with Gasteiger partial charge in [-0.15, -0.1) is 0 Å². The summed E-state index contributed by atoms with van der Waals surface area (Å²) >= 11 is 0. The van der Waals surface area contributed by atoms with E-state index < -0.39 is 0 Å². The largest absolute Gasteiger partial charge is 0.324 e. The molecule has 3 rings (SSSR count). The number of nitrogens with zero attached hydrogens (tertiary/aromatic N) is 2. The number of benzene rings is 2. The lowest BCUT2D eigenvalue weighted by atomic mass is 10.0. The molecule has 1 amide bonds. The first kappa shape index (κ1) is 17.6. The fraction of sp³-hybridized carbons (Fsp3) is 0.190. The third kappa shape index (κ3) is 4.06. The Labute approximate surface area is 152 Å². The first-order valence-corrected chi connectivity index (χ1v) is 8.45. The zero-order valence-electron chi connectivity index (χ0n) is 15.1. The zero-order valence-corrected chi connectivity index (χ0v) is 15.1. The average molecular weight is 347 g/mol. The molecule has 132 valence electrons. The molecule has 1 aromatic heterocycles.